The van der Waals surface area contributed by atoms with Crippen LogP contribution in [-0.2, 0) is 48.3 Å². The highest BCUT2D eigenvalue weighted by atomic mass is 16.7. The van der Waals surface area contributed by atoms with Crippen LogP contribution in [0.1, 0.15) is 23.6 Å². The summed E-state index contributed by atoms with van der Waals surface area (Å²) in [4.78, 5) is 11.7. The zero-order valence-corrected chi connectivity index (χ0v) is 21.0. The Bertz CT molecular complexity index is 1060. The van der Waals surface area contributed by atoms with E-state index < -0.39 is 36.5 Å². The van der Waals surface area contributed by atoms with Gasteiger partial charge in [-0.25, -0.2) is 0 Å². The van der Waals surface area contributed by atoms with Crippen molar-refractivity contribution in [1.82, 2.24) is 0 Å². The van der Waals surface area contributed by atoms with E-state index in [1.807, 2.05) is 91.0 Å². The van der Waals surface area contributed by atoms with Crippen molar-refractivity contribution in [1.29, 1.82) is 0 Å². The number of aliphatic hydroxyl groups excluding tert-OH is 1. The molecule has 3 aromatic rings. The summed E-state index contributed by atoms with van der Waals surface area (Å²) in [6.45, 7) is 2.56. The molecule has 0 spiro atoms. The van der Waals surface area contributed by atoms with Gasteiger partial charge in [0, 0.05) is 6.92 Å². The molecule has 4 rings (SSSR count). The molecule has 0 aromatic heterocycles. The Morgan fingerprint density at radius 1 is 0.730 bits per heavy atom. The van der Waals surface area contributed by atoms with Crippen molar-refractivity contribution in [2.45, 2.75) is 51.3 Å². The van der Waals surface area contributed by atoms with Crippen LogP contribution in [0.15, 0.2) is 91.0 Å². The van der Waals surface area contributed by atoms with E-state index in [1.165, 1.54) is 6.92 Å². The van der Waals surface area contributed by atoms with Crippen molar-refractivity contribution in [3.8, 4) is 0 Å². The normalized spacial score (nSPS) is 23.5. The standard InChI is InChI=1S/C30H34O7/c1-22(31)34-20-26-27(21-33-17-23-11-5-2-6-12-23)37-30(32)29(36-19-25-15-9-4-10-16-25)28(26)35-18-24-13-7-3-8-14-24/h2-16,26-30,32H,17-21H2,1H3/t26-,27-,28+,29-,30?/m1/s1. The maximum atomic E-state index is 11.7. The van der Waals surface area contributed by atoms with Gasteiger partial charge in [0.1, 0.15) is 6.10 Å². The summed E-state index contributed by atoms with van der Waals surface area (Å²) < 4.78 is 29.9. The summed E-state index contributed by atoms with van der Waals surface area (Å²) in [7, 11) is 0. The summed E-state index contributed by atoms with van der Waals surface area (Å²) in [6, 6.07) is 29.3. The molecule has 0 bridgehead atoms. The number of carbonyl (C=O) groups is 1. The smallest absolute Gasteiger partial charge is 0.302 e. The summed E-state index contributed by atoms with van der Waals surface area (Å²) >= 11 is 0. The zero-order valence-electron chi connectivity index (χ0n) is 21.0. The molecule has 1 unspecified atom stereocenters. The van der Waals surface area contributed by atoms with Gasteiger partial charge in [0.15, 0.2) is 6.29 Å². The molecular weight excluding hydrogens is 472 g/mol. The molecule has 196 valence electrons. The highest BCUT2D eigenvalue weighted by Crippen LogP contribution is 2.32. The number of carbonyl (C=O) groups excluding carboxylic acids is 1. The maximum absolute atomic E-state index is 11.7. The average molecular weight is 507 g/mol. The predicted molar refractivity (Wildman–Crippen MR) is 137 cm³/mol. The highest BCUT2D eigenvalue weighted by Gasteiger charge is 2.47. The van der Waals surface area contributed by atoms with Gasteiger partial charge >= 0.3 is 5.97 Å². The molecular formula is C30H34O7. The van der Waals surface area contributed by atoms with Crippen LogP contribution in [0, 0.1) is 5.92 Å². The first-order valence-corrected chi connectivity index (χ1v) is 12.5. The SMILES string of the molecule is CC(=O)OC[C@H]1[C@H](OCc2ccccc2)[C@@H](OCc2ccccc2)C(O)O[C@@H]1COCc1ccccc1. The molecule has 7 nitrogen and oxygen atoms in total. The van der Waals surface area contributed by atoms with Crippen LogP contribution in [0.2, 0.25) is 0 Å². The van der Waals surface area contributed by atoms with Gasteiger partial charge in [-0.1, -0.05) is 91.0 Å². The third-order valence-electron chi connectivity index (χ3n) is 6.26. The van der Waals surface area contributed by atoms with Crippen LogP contribution in [0.25, 0.3) is 0 Å². The van der Waals surface area contributed by atoms with E-state index >= 15 is 0 Å². The lowest BCUT2D eigenvalue weighted by Crippen LogP contribution is -2.58. The molecule has 1 aliphatic rings. The lowest BCUT2D eigenvalue weighted by molar-refractivity contribution is -0.301. The Balaban J connectivity index is 1.51. The van der Waals surface area contributed by atoms with E-state index in [1.54, 1.807) is 0 Å². The summed E-state index contributed by atoms with van der Waals surface area (Å²) in [6.07, 6.45) is -3.23. The molecule has 5 atom stereocenters. The minimum absolute atomic E-state index is 0.0477. The van der Waals surface area contributed by atoms with Gasteiger partial charge in [-0.3, -0.25) is 4.79 Å². The first-order valence-electron chi connectivity index (χ1n) is 12.5. The van der Waals surface area contributed by atoms with Crippen LogP contribution in [0.3, 0.4) is 0 Å². The number of hydrogen-bond acceptors (Lipinski definition) is 7. The quantitative estimate of drug-likeness (QED) is 0.367. The Kier molecular flexibility index (Phi) is 10.2. The van der Waals surface area contributed by atoms with Crippen LogP contribution < -0.4 is 0 Å². The maximum Gasteiger partial charge on any atom is 0.302 e. The van der Waals surface area contributed by atoms with Crippen molar-refractivity contribution >= 4 is 5.97 Å². The number of aliphatic hydroxyl groups is 1. The third-order valence-corrected chi connectivity index (χ3v) is 6.26. The number of hydrogen-bond donors (Lipinski definition) is 1. The number of rotatable bonds is 12. The van der Waals surface area contributed by atoms with Gasteiger partial charge < -0.3 is 28.8 Å². The van der Waals surface area contributed by atoms with Gasteiger partial charge in [-0.15, -0.1) is 0 Å². The van der Waals surface area contributed by atoms with Gasteiger partial charge in [0.25, 0.3) is 0 Å². The molecule has 37 heavy (non-hydrogen) atoms. The van der Waals surface area contributed by atoms with E-state index in [9.17, 15) is 9.90 Å². The molecule has 0 saturated carbocycles. The van der Waals surface area contributed by atoms with Crippen molar-refractivity contribution < 1.29 is 33.6 Å². The van der Waals surface area contributed by atoms with E-state index in [-0.39, 0.29) is 19.8 Å². The lowest BCUT2D eigenvalue weighted by Gasteiger charge is -2.44. The number of ether oxygens (including phenoxy) is 5. The molecule has 1 saturated heterocycles. The van der Waals surface area contributed by atoms with Gasteiger partial charge in [0.05, 0.1) is 51.2 Å². The van der Waals surface area contributed by atoms with Gasteiger partial charge in [-0.2, -0.15) is 0 Å². The fourth-order valence-electron chi connectivity index (χ4n) is 4.35. The van der Waals surface area contributed by atoms with Crippen molar-refractivity contribution in [3.63, 3.8) is 0 Å². The number of esters is 1. The molecule has 0 radical (unpaired) electrons. The fourth-order valence-corrected chi connectivity index (χ4v) is 4.35. The third kappa shape index (κ3) is 8.21. The van der Waals surface area contributed by atoms with E-state index in [2.05, 4.69) is 0 Å². The van der Waals surface area contributed by atoms with Crippen LogP contribution in [0.4, 0.5) is 0 Å². The topological polar surface area (TPSA) is 83.5 Å². The summed E-state index contributed by atoms with van der Waals surface area (Å²) in [5, 5.41) is 11.0. The van der Waals surface area contributed by atoms with Crippen LogP contribution in [-0.4, -0.2) is 48.9 Å². The molecule has 1 N–H and O–H groups in total. The van der Waals surface area contributed by atoms with Crippen molar-refractivity contribution in [3.05, 3.63) is 108 Å². The van der Waals surface area contributed by atoms with Crippen LogP contribution in [0.5, 0.6) is 0 Å². The number of benzene rings is 3. The second-order valence-electron chi connectivity index (χ2n) is 9.05. The predicted octanol–water partition coefficient (Wildman–Crippen LogP) is 4.27. The molecule has 1 fully saturated rings. The Morgan fingerprint density at radius 2 is 1.22 bits per heavy atom. The molecule has 0 aliphatic carbocycles. The zero-order chi connectivity index (χ0) is 25.9. The molecule has 1 heterocycles. The second kappa shape index (κ2) is 14.0. The fraction of sp³-hybridized carbons (Fsp3) is 0.367. The van der Waals surface area contributed by atoms with Crippen LogP contribution >= 0.6 is 0 Å². The summed E-state index contributed by atoms with van der Waals surface area (Å²) in [5.41, 5.74) is 2.96. The highest BCUT2D eigenvalue weighted by molar-refractivity contribution is 5.65. The van der Waals surface area contributed by atoms with Crippen molar-refractivity contribution in [2.75, 3.05) is 13.2 Å². The van der Waals surface area contributed by atoms with Gasteiger partial charge in [0.2, 0.25) is 0 Å². The average Bonchev–Trinajstić information content (AvgIpc) is 2.92. The molecule has 1 aliphatic heterocycles. The van der Waals surface area contributed by atoms with E-state index in [0.29, 0.717) is 13.2 Å². The minimum Gasteiger partial charge on any atom is -0.465 e. The van der Waals surface area contributed by atoms with E-state index in [4.69, 9.17) is 23.7 Å². The minimum atomic E-state index is -1.25. The largest absolute Gasteiger partial charge is 0.465 e. The van der Waals surface area contributed by atoms with E-state index in [0.717, 1.165) is 16.7 Å². The second-order valence-corrected chi connectivity index (χ2v) is 9.05. The molecule has 7 heteroatoms. The first-order chi connectivity index (χ1) is 18.1. The molecule has 0 amide bonds. The Morgan fingerprint density at radius 3 is 1.73 bits per heavy atom. The first kappa shape index (κ1) is 27.0. The molecule has 3 aromatic carbocycles. The lowest BCUT2D eigenvalue weighted by atomic mass is 9.89. The van der Waals surface area contributed by atoms with Crippen molar-refractivity contribution in [2.24, 2.45) is 5.92 Å². The summed E-state index contributed by atoms with van der Waals surface area (Å²) in [5.74, 6) is -0.828. The van der Waals surface area contributed by atoms with Gasteiger partial charge in [-0.05, 0) is 16.7 Å². The Labute approximate surface area is 217 Å². The Hall–Kier alpha value is -3.07. The monoisotopic (exact) mass is 506 g/mol.